The summed E-state index contributed by atoms with van der Waals surface area (Å²) in [6.07, 6.45) is 0.943. The number of hydrogen-bond donors (Lipinski definition) is 1. The molecule has 0 amide bonds. The summed E-state index contributed by atoms with van der Waals surface area (Å²) in [6, 6.07) is 8.10. The van der Waals surface area contributed by atoms with Crippen molar-refractivity contribution in [3.8, 4) is 0 Å². The molecule has 0 saturated carbocycles. The van der Waals surface area contributed by atoms with Gasteiger partial charge in [-0.3, -0.25) is 9.58 Å². The number of halogens is 1. The second-order valence-corrected chi connectivity index (χ2v) is 6.02. The van der Waals surface area contributed by atoms with E-state index in [2.05, 4.69) is 51.9 Å². The van der Waals surface area contributed by atoms with E-state index in [1.165, 1.54) is 11.3 Å². The molecule has 0 saturated heterocycles. The number of aryl methyl sites for hydroxylation is 2. The minimum Gasteiger partial charge on any atom is -0.399 e. The van der Waals surface area contributed by atoms with E-state index in [1.54, 1.807) is 0 Å². The molecular weight excluding hydrogens is 328 g/mol. The Labute approximate surface area is 135 Å². The van der Waals surface area contributed by atoms with Crippen LogP contribution in [-0.4, -0.2) is 21.2 Å². The van der Waals surface area contributed by atoms with Crippen LogP contribution in [0.3, 0.4) is 0 Å². The smallest absolute Gasteiger partial charge is 0.0767 e. The molecule has 2 aromatic rings. The fourth-order valence-electron chi connectivity index (χ4n) is 2.36. The third-order valence-corrected chi connectivity index (χ3v) is 4.62. The highest BCUT2D eigenvalue weighted by Gasteiger charge is 2.15. The molecule has 0 radical (unpaired) electrons. The molecule has 0 fully saturated rings. The van der Waals surface area contributed by atoms with Crippen molar-refractivity contribution in [3.63, 3.8) is 0 Å². The number of rotatable bonds is 6. The lowest BCUT2D eigenvalue weighted by atomic mass is 10.2. The average Bonchev–Trinajstić information content (AvgIpc) is 2.75. The van der Waals surface area contributed by atoms with Gasteiger partial charge in [-0.1, -0.05) is 26.0 Å². The number of benzene rings is 1. The zero-order valence-electron chi connectivity index (χ0n) is 12.9. The van der Waals surface area contributed by atoms with Crippen molar-refractivity contribution in [2.75, 3.05) is 12.3 Å². The maximum atomic E-state index is 5.74. The van der Waals surface area contributed by atoms with Gasteiger partial charge >= 0.3 is 0 Å². The number of nitrogens with zero attached hydrogens (tertiary/aromatic N) is 3. The minimum atomic E-state index is 0.809. The molecule has 5 heteroatoms. The third-order valence-electron chi connectivity index (χ3n) is 3.71. The highest BCUT2D eigenvalue weighted by Crippen LogP contribution is 2.23. The van der Waals surface area contributed by atoms with E-state index in [9.17, 15) is 0 Å². The third kappa shape index (κ3) is 3.86. The largest absolute Gasteiger partial charge is 0.399 e. The Balaban J connectivity index is 2.12. The molecule has 0 aliphatic carbocycles. The summed E-state index contributed by atoms with van der Waals surface area (Å²) in [5, 5.41) is 4.56. The molecule has 1 aromatic heterocycles. The van der Waals surface area contributed by atoms with Crippen LogP contribution in [0.15, 0.2) is 28.7 Å². The van der Waals surface area contributed by atoms with Crippen LogP contribution in [-0.2, 0) is 26.6 Å². The second-order valence-electron chi connectivity index (χ2n) is 5.23. The van der Waals surface area contributed by atoms with Crippen LogP contribution in [0, 0.1) is 0 Å². The van der Waals surface area contributed by atoms with Crippen LogP contribution in [0.1, 0.15) is 30.8 Å². The molecule has 1 heterocycles. The van der Waals surface area contributed by atoms with Crippen LogP contribution in [0.4, 0.5) is 5.69 Å². The van der Waals surface area contributed by atoms with E-state index < -0.39 is 0 Å². The summed E-state index contributed by atoms with van der Waals surface area (Å²) in [4.78, 5) is 2.40. The van der Waals surface area contributed by atoms with E-state index >= 15 is 0 Å². The maximum Gasteiger partial charge on any atom is 0.0767 e. The van der Waals surface area contributed by atoms with Gasteiger partial charge < -0.3 is 5.73 Å². The van der Waals surface area contributed by atoms with Crippen LogP contribution >= 0.6 is 15.9 Å². The second kappa shape index (κ2) is 7.09. The normalized spacial score (nSPS) is 11.3. The topological polar surface area (TPSA) is 47.1 Å². The van der Waals surface area contributed by atoms with E-state index in [4.69, 9.17) is 5.73 Å². The molecule has 0 atom stereocenters. The van der Waals surface area contributed by atoms with Crippen molar-refractivity contribution in [1.29, 1.82) is 0 Å². The first-order valence-corrected chi connectivity index (χ1v) is 8.11. The molecule has 0 spiro atoms. The van der Waals surface area contributed by atoms with Gasteiger partial charge in [-0.2, -0.15) is 5.10 Å². The number of hydrogen-bond acceptors (Lipinski definition) is 3. The van der Waals surface area contributed by atoms with Crippen molar-refractivity contribution in [3.05, 3.63) is 45.7 Å². The van der Waals surface area contributed by atoms with Gasteiger partial charge in [-0.15, -0.1) is 0 Å². The standard InChI is InChI=1S/C16H23BrN4/c1-4-14-16(17)15(20(3)19-14)11-21(5-2)10-12-6-8-13(18)9-7-12/h6-9H,4-5,10-11,18H2,1-3H3. The molecule has 1 aromatic carbocycles. The fraction of sp³-hybridized carbons (Fsp3) is 0.438. The Morgan fingerprint density at radius 1 is 1.19 bits per heavy atom. The average molecular weight is 351 g/mol. The molecule has 0 aliphatic rings. The number of nitrogen functional groups attached to an aromatic ring is 1. The zero-order chi connectivity index (χ0) is 15.4. The Morgan fingerprint density at radius 3 is 2.38 bits per heavy atom. The first-order chi connectivity index (χ1) is 10.0. The van der Waals surface area contributed by atoms with Gasteiger partial charge in [-0.25, -0.2) is 0 Å². The summed E-state index contributed by atoms with van der Waals surface area (Å²) < 4.78 is 3.12. The van der Waals surface area contributed by atoms with Crippen molar-refractivity contribution in [1.82, 2.24) is 14.7 Å². The minimum absolute atomic E-state index is 0.809. The van der Waals surface area contributed by atoms with Gasteiger partial charge in [0, 0.05) is 25.8 Å². The van der Waals surface area contributed by atoms with E-state index in [-0.39, 0.29) is 0 Å². The molecule has 0 aliphatic heterocycles. The molecule has 21 heavy (non-hydrogen) atoms. The van der Waals surface area contributed by atoms with Crippen LogP contribution in [0.5, 0.6) is 0 Å². The Bertz CT molecular complexity index is 589. The Morgan fingerprint density at radius 2 is 1.86 bits per heavy atom. The first-order valence-electron chi connectivity index (χ1n) is 7.32. The molecular formula is C16H23BrN4. The lowest BCUT2D eigenvalue weighted by Gasteiger charge is -2.21. The summed E-state index contributed by atoms with van der Waals surface area (Å²) >= 11 is 3.69. The van der Waals surface area contributed by atoms with Crippen LogP contribution < -0.4 is 5.73 Å². The Kier molecular flexibility index (Phi) is 5.42. The predicted octanol–water partition coefficient (Wildman–Crippen LogP) is 3.35. The van der Waals surface area contributed by atoms with Crippen LogP contribution in [0.25, 0.3) is 0 Å². The number of nitrogens with two attached hydrogens (primary N) is 1. The summed E-state index contributed by atoms with van der Waals surface area (Å²) in [7, 11) is 2.01. The van der Waals surface area contributed by atoms with E-state index in [0.717, 1.165) is 41.9 Å². The summed E-state index contributed by atoms with van der Waals surface area (Å²) in [6.45, 7) is 7.09. The molecule has 2 rings (SSSR count). The van der Waals surface area contributed by atoms with Crippen molar-refractivity contribution in [2.24, 2.45) is 7.05 Å². The monoisotopic (exact) mass is 350 g/mol. The lowest BCUT2D eigenvalue weighted by molar-refractivity contribution is 0.263. The molecule has 0 unspecified atom stereocenters. The highest BCUT2D eigenvalue weighted by atomic mass is 79.9. The van der Waals surface area contributed by atoms with Crippen molar-refractivity contribution in [2.45, 2.75) is 33.4 Å². The van der Waals surface area contributed by atoms with Crippen molar-refractivity contribution < 1.29 is 0 Å². The lowest BCUT2D eigenvalue weighted by Crippen LogP contribution is -2.23. The molecule has 4 nitrogen and oxygen atoms in total. The molecule has 114 valence electrons. The zero-order valence-corrected chi connectivity index (χ0v) is 14.5. The van der Waals surface area contributed by atoms with Crippen molar-refractivity contribution >= 4 is 21.6 Å². The van der Waals surface area contributed by atoms with Gasteiger partial charge in [0.05, 0.1) is 15.9 Å². The Hall–Kier alpha value is -1.33. The predicted molar refractivity (Wildman–Crippen MR) is 90.9 cm³/mol. The van der Waals surface area contributed by atoms with Gasteiger partial charge in [-0.05, 0) is 46.6 Å². The fourth-order valence-corrected chi connectivity index (χ4v) is 3.11. The maximum absolute atomic E-state index is 5.74. The quantitative estimate of drug-likeness (QED) is 0.812. The SMILES string of the molecule is CCc1nn(C)c(CN(CC)Cc2ccc(N)cc2)c1Br. The first kappa shape index (κ1) is 16.0. The van der Waals surface area contributed by atoms with Gasteiger partial charge in [0.1, 0.15) is 0 Å². The van der Waals surface area contributed by atoms with Crippen LogP contribution in [0.2, 0.25) is 0 Å². The number of aromatic nitrogens is 2. The number of anilines is 1. The van der Waals surface area contributed by atoms with Gasteiger partial charge in [0.25, 0.3) is 0 Å². The molecule has 0 bridgehead atoms. The van der Waals surface area contributed by atoms with E-state index in [1.807, 2.05) is 23.9 Å². The van der Waals surface area contributed by atoms with Gasteiger partial charge in [0.15, 0.2) is 0 Å². The van der Waals surface area contributed by atoms with E-state index in [0.29, 0.717) is 0 Å². The van der Waals surface area contributed by atoms with Gasteiger partial charge in [0.2, 0.25) is 0 Å². The highest BCUT2D eigenvalue weighted by molar-refractivity contribution is 9.10. The molecule has 2 N–H and O–H groups in total. The summed E-state index contributed by atoms with van der Waals surface area (Å²) in [5.41, 5.74) is 10.2. The summed E-state index contributed by atoms with van der Waals surface area (Å²) in [5.74, 6) is 0.